The first kappa shape index (κ1) is 26.3. The molecule has 2 atom stereocenters. The number of allylic oxidation sites excluding steroid dienone is 8. The molecule has 4 rings (SSSR count). The summed E-state index contributed by atoms with van der Waals surface area (Å²) < 4.78 is 0. The summed E-state index contributed by atoms with van der Waals surface area (Å²) in [6, 6.07) is 0. The molecule has 0 spiro atoms. The van der Waals surface area contributed by atoms with Gasteiger partial charge in [0.15, 0.2) is 0 Å². The Morgan fingerprint density at radius 1 is 0.846 bits per heavy atom. The van der Waals surface area contributed by atoms with E-state index in [-0.39, 0.29) is 27.3 Å². The van der Waals surface area contributed by atoms with Crippen molar-refractivity contribution in [2.24, 2.45) is 17.8 Å². The average molecular weight is 470 g/mol. The molecule has 0 saturated heterocycles. The van der Waals surface area contributed by atoms with Crippen molar-refractivity contribution >= 4 is 19.3 Å². The number of hydrogen-bond acceptors (Lipinski definition) is 1. The second-order valence-electron chi connectivity index (χ2n) is 7.13. The topological polar surface area (TPSA) is 20.2 Å². The molecule has 0 aliphatic heterocycles. The van der Waals surface area contributed by atoms with Crippen LogP contribution in [0.3, 0.4) is 0 Å². The minimum absolute atomic E-state index is 0. The van der Waals surface area contributed by atoms with Gasteiger partial charge in [-0.25, -0.2) is 0 Å². The standard InChI is InChI=1S/C20H26O.2CH3.ClH.H2Si.Zr/c21-13-20(18-11-9-14-5-1-3-7-16(14)18)19-12-10-15-6-2-4-8-17(15)19;;;;;/h9-12,18-21H,1-8,13H2;2*1H3;1H;1H2;/q;2*-1;;;+2. The Morgan fingerprint density at radius 3 is 1.62 bits per heavy atom. The van der Waals surface area contributed by atoms with Gasteiger partial charge in [0.25, 0.3) is 0 Å². The molecule has 0 radical (unpaired) electrons. The average Bonchev–Trinajstić information content (AvgIpc) is 3.23. The summed E-state index contributed by atoms with van der Waals surface area (Å²) in [5, 5.41) is 10.1. The third-order valence-corrected chi connectivity index (χ3v) is 6.06. The Morgan fingerprint density at radius 2 is 1.23 bits per heavy atom. The van der Waals surface area contributed by atoms with Crippen molar-refractivity contribution in [3.63, 3.8) is 0 Å². The monoisotopic (exact) mass is 468 g/mol. The SMILES string of the molecule is Cl.OCC(C1C=CC2=C1CCCC2)C1C=CC2=C1CCCC2.[CH3-].[CH3-].[SiH2]=[Zr+2]. The summed E-state index contributed by atoms with van der Waals surface area (Å²) in [4.78, 5) is 0. The van der Waals surface area contributed by atoms with Crippen LogP contribution in [0.1, 0.15) is 51.4 Å². The van der Waals surface area contributed by atoms with E-state index in [1.165, 1.54) is 51.4 Å². The molecule has 0 aromatic carbocycles. The molecule has 1 nitrogen and oxygen atoms in total. The number of rotatable bonds is 3. The predicted octanol–water partition coefficient (Wildman–Crippen LogP) is 5.11. The number of aliphatic hydroxyl groups is 1. The van der Waals surface area contributed by atoms with E-state index in [0.29, 0.717) is 24.4 Å². The maximum atomic E-state index is 10.1. The Balaban J connectivity index is 0.00000121. The minimum atomic E-state index is 0. The van der Waals surface area contributed by atoms with Crippen LogP contribution >= 0.6 is 12.4 Å². The van der Waals surface area contributed by atoms with E-state index in [1.807, 2.05) is 6.88 Å². The van der Waals surface area contributed by atoms with Gasteiger partial charge in [-0.05, 0) is 62.5 Å². The van der Waals surface area contributed by atoms with Crippen LogP contribution in [0.15, 0.2) is 46.6 Å². The van der Waals surface area contributed by atoms with Gasteiger partial charge in [0.2, 0.25) is 0 Å². The van der Waals surface area contributed by atoms with Gasteiger partial charge < -0.3 is 20.0 Å². The van der Waals surface area contributed by atoms with Crippen LogP contribution in [-0.4, -0.2) is 18.6 Å². The van der Waals surface area contributed by atoms with Crippen molar-refractivity contribution in [3.8, 4) is 0 Å². The van der Waals surface area contributed by atoms with Crippen molar-refractivity contribution in [1.82, 2.24) is 0 Å². The molecule has 4 aliphatic rings. The summed E-state index contributed by atoms with van der Waals surface area (Å²) >= 11 is 1.58. The quantitative estimate of drug-likeness (QED) is 0.449. The number of hydrogen-bond donors (Lipinski definition) is 1. The maximum absolute atomic E-state index is 10.1. The van der Waals surface area contributed by atoms with Crippen molar-refractivity contribution < 1.29 is 28.4 Å². The normalized spacial score (nSPS) is 26.6. The third kappa shape index (κ3) is 5.22. The molecular weight excluding hydrogens is 435 g/mol. The molecule has 0 fully saturated rings. The molecule has 0 bridgehead atoms. The summed E-state index contributed by atoms with van der Waals surface area (Å²) in [6.45, 7) is 2.27. The second-order valence-corrected chi connectivity index (χ2v) is 7.13. The van der Waals surface area contributed by atoms with Gasteiger partial charge in [-0.2, -0.15) is 0 Å². The van der Waals surface area contributed by atoms with E-state index in [0.717, 1.165) is 0 Å². The number of halogens is 1. The van der Waals surface area contributed by atoms with E-state index in [2.05, 4.69) is 24.3 Å². The first-order valence-corrected chi connectivity index (χ1v) is 15.1. The van der Waals surface area contributed by atoms with Gasteiger partial charge in [-0.3, -0.25) is 0 Å². The fraction of sp³-hybridized carbons (Fsp3) is 0.545. The molecule has 26 heavy (non-hydrogen) atoms. The van der Waals surface area contributed by atoms with Gasteiger partial charge in [0, 0.05) is 24.4 Å². The zero-order valence-corrected chi connectivity index (χ0v) is 21.2. The third-order valence-electron chi connectivity index (χ3n) is 6.06. The molecular formula is C22H35ClOSiZr. The van der Waals surface area contributed by atoms with E-state index in [9.17, 15) is 5.11 Å². The molecule has 4 aliphatic carbocycles. The summed E-state index contributed by atoms with van der Waals surface area (Å²) in [6.07, 6.45) is 19.9. The first-order chi connectivity index (χ1) is 11.4. The van der Waals surface area contributed by atoms with Gasteiger partial charge in [-0.1, -0.05) is 35.5 Å². The van der Waals surface area contributed by atoms with Crippen LogP contribution in [0.25, 0.3) is 0 Å². The zero-order valence-electron chi connectivity index (χ0n) is 16.5. The van der Waals surface area contributed by atoms with Crippen molar-refractivity contribution in [3.05, 3.63) is 61.4 Å². The Hall–Kier alpha value is 0.310. The first-order valence-electron chi connectivity index (χ1n) is 9.15. The molecule has 1 N–H and O–H groups in total. The number of aliphatic hydroxyl groups excluding tert-OH is 1. The van der Waals surface area contributed by atoms with Crippen LogP contribution in [-0.2, 0) is 23.3 Å². The predicted molar refractivity (Wildman–Crippen MR) is 115 cm³/mol. The zero-order chi connectivity index (χ0) is 16.2. The summed E-state index contributed by atoms with van der Waals surface area (Å²) in [7, 11) is 0. The van der Waals surface area contributed by atoms with Gasteiger partial charge >= 0.3 is 30.2 Å². The van der Waals surface area contributed by atoms with Crippen LogP contribution in [0.4, 0.5) is 0 Å². The van der Waals surface area contributed by atoms with Crippen molar-refractivity contribution in [2.45, 2.75) is 51.4 Å². The molecule has 0 aromatic rings. The van der Waals surface area contributed by atoms with E-state index >= 15 is 0 Å². The molecule has 2 unspecified atom stereocenters. The fourth-order valence-electron chi connectivity index (χ4n) is 4.97. The van der Waals surface area contributed by atoms with E-state index in [1.54, 1.807) is 45.6 Å². The summed E-state index contributed by atoms with van der Waals surface area (Å²) in [5.74, 6) is 1.36. The Kier molecular flexibility index (Phi) is 12.9. The van der Waals surface area contributed by atoms with Crippen molar-refractivity contribution in [2.75, 3.05) is 6.61 Å². The van der Waals surface area contributed by atoms with Crippen molar-refractivity contribution in [1.29, 1.82) is 0 Å². The molecule has 4 heteroatoms. The molecule has 0 amide bonds. The Bertz CT molecular complexity index is 531. The van der Waals surface area contributed by atoms with Crippen LogP contribution in [0.5, 0.6) is 0 Å². The second kappa shape index (κ2) is 12.7. The molecule has 144 valence electrons. The fourth-order valence-corrected chi connectivity index (χ4v) is 4.97. The van der Waals surface area contributed by atoms with Crippen LogP contribution in [0, 0.1) is 32.6 Å². The summed E-state index contributed by atoms with van der Waals surface area (Å²) in [5.41, 5.74) is 6.48. The van der Waals surface area contributed by atoms with Crippen LogP contribution < -0.4 is 0 Å². The van der Waals surface area contributed by atoms with E-state index in [4.69, 9.17) is 0 Å². The Labute approximate surface area is 184 Å². The van der Waals surface area contributed by atoms with E-state index < -0.39 is 0 Å². The molecule has 0 aromatic heterocycles. The van der Waals surface area contributed by atoms with Gasteiger partial charge in [0.05, 0.1) is 0 Å². The van der Waals surface area contributed by atoms with Crippen LogP contribution in [0.2, 0.25) is 0 Å². The molecule has 0 saturated carbocycles. The molecule has 0 heterocycles. The van der Waals surface area contributed by atoms with Gasteiger partial charge in [0.1, 0.15) is 0 Å². The van der Waals surface area contributed by atoms with Gasteiger partial charge in [-0.15, -0.1) is 12.4 Å².